The van der Waals surface area contributed by atoms with E-state index < -0.39 is 24.5 Å². The van der Waals surface area contributed by atoms with Gasteiger partial charge in [-0.05, 0) is 51.8 Å². The summed E-state index contributed by atoms with van der Waals surface area (Å²) in [6, 6.07) is 7.02. The Balaban J connectivity index is 2.23. The monoisotopic (exact) mass is 473 g/mol. The first-order valence-corrected chi connectivity index (χ1v) is 8.96. The van der Waals surface area contributed by atoms with Crippen molar-refractivity contribution >= 4 is 32.8 Å². The molecule has 0 saturated heterocycles. The Morgan fingerprint density at radius 2 is 1.79 bits per heavy atom. The first-order valence-electron chi connectivity index (χ1n) is 8.17. The van der Waals surface area contributed by atoms with Gasteiger partial charge in [0.15, 0.2) is 11.5 Å². The summed E-state index contributed by atoms with van der Waals surface area (Å²) in [6.45, 7) is 0. The zero-order valence-electron chi connectivity index (χ0n) is 15.2. The molecule has 0 saturated carbocycles. The van der Waals surface area contributed by atoms with Crippen molar-refractivity contribution in [2.45, 2.75) is 12.8 Å². The second kappa shape index (κ2) is 7.86. The quantitative estimate of drug-likeness (QED) is 0.517. The number of fused-ring (bicyclic) bond motifs is 1. The summed E-state index contributed by atoms with van der Waals surface area (Å²) in [5, 5.41) is 9.65. The molecule has 0 amide bonds. The molecule has 0 bridgehead atoms. The number of carboxylic acids is 1. The molecule has 0 aliphatic heterocycles. The molecule has 2 aromatic carbocycles. The van der Waals surface area contributed by atoms with Gasteiger partial charge in [0.1, 0.15) is 5.75 Å². The molecule has 29 heavy (non-hydrogen) atoms. The molecular weight excluding hydrogens is 459 g/mol. The number of rotatable bonds is 6. The van der Waals surface area contributed by atoms with E-state index in [0.717, 1.165) is 12.1 Å². The summed E-state index contributed by atoms with van der Waals surface area (Å²) in [5.41, 5.74) is 1.77. The van der Waals surface area contributed by atoms with Gasteiger partial charge in [0.2, 0.25) is 0 Å². The Bertz CT molecular complexity index is 1080. The molecule has 3 aromatic rings. The molecule has 10 heteroatoms. The van der Waals surface area contributed by atoms with Crippen molar-refractivity contribution < 1.29 is 37.3 Å². The van der Waals surface area contributed by atoms with Crippen molar-refractivity contribution in [3.05, 3.63) is 40.4 Å². The van der Waals surface area contributed by atoms with Gasteiger partial charge in [0, 0.05) is 20.9 Å². The highest BCUT2D eigenvalue weighted by Gasteiger charge is 2.31. The Hall–Kier alpha value is -2.88. The van der Waals surface area contributed by atoms with E-state index in [2.05, 4.69) is 25.7 Å². The number of aromatic nitrogens is 1. The minimum absolute atomic E-state index is 0.311. The molecule has 0 fully saturated rings. The number of halogens is 4. The highest BCUT2D eigenvalue weighted by molar-refractivity contribution is 9.10. The molecule has 0 unspecified atom stereocenters. The number of hydrogen-bond acceptors (Lipinski definition) is 4. The average Bonchev–Trinajstić information content (AvgIpc) is 2.97. The molecule has 0 atom stereocenters. The second-order valence-corrected chi connectivity index (χ2v) is 6.85. The predicted molar refractivity (Wildman–Crippen MR) is 103 cm³/mol. The number of aromatic amines is 1. The van der Waals surface area contributed by atoms with E-state index >= 15 is 0 Å². The first kappa shape index (κ1) is 20.8. The van der Waals surface area contributed by atoms with Crippen molar-refractivity contribution in [2.75, 3.05) is 14.2 Å². The lowest BCUT2D eigenvalue weighted by atomic mass is 10.0. The molecule has 0 radical (unpaired) electrons. The van der Waals surface area contributed by atoms with Gasteiger partial charge in [0.05, 0.1) is 26.3 Å². The summed E-state index contributed by atoms with van der Waals surface area (Å²) in [7, 11) is 2.94. The fourth-order valence-corrected chi connectivity index (χ4v) is 3.56. The summed E-state index contributed by atoms with van der Waals surface area (Å²) in [5.74, 6) is -0.703. The summed E-state index contributed by atoms with van der Waals surface area (Å²) >= 11 is 3.42. The molecule has 6 nitrogen and oxygen atoms in total. The van der Waals surface area contributed by atoms with E-state index in [1.165, 1.54) is 20.3 Å². The maximum atomic E-state index is 12.6. The number of carbonyl (C=O) groups is 1. The molecule has 0 spiro atoms. The lowest BCUT2D eigenvalue weighted by Crippen LogP contribution is -2.17. The van der Waals surface area contributed by atoms with Crippen LogP contribution in [0.5, 0.6) is 17.2 Å². The number of ether oxygens (including phenoxy) is 3. The number of benzene rings is 2. The van der Waals surface area contributed by atoms with E-state index in [1.807, 2.05) is 0 Å². The van der Waals surface area contributed by atoms with Crippen molar-refractivity contribution in [1.29, 1.82) is 0 Å². The molecule has 1 aromatic heterocycles. The van der Waals surface area contributed by atoms with Gasteiger partial charge in [-0.15, -0.1) is 13.2 Å². The van der Waals surface area contributed by atoms with E-state index in [0.29, 0.717) is 43.7 Å². The SMILES string of the molecule is COc1cc(Br)c(-c2[nH]c3ccc(OC(F)(F)F)cc3c2CC(=O)O)cc1OC. The van der Waals surface area contributed by atoms with Crippen LogP contribution in [-0.2, 0) is 11.2 Å². The van der Waals surface area contributed by atoms with Gasteiger partial charge in [-0.25, -0.2) is 0 Å². The van der Waals surface area contributed by atoms with Crippen LogP contribution in [0.2, 0.25) is 0 Å². The minimum Gasteiger partial charge on any atom is -0.493 e. The minimum atomic E-state index is -4.86. The third kappa shape index (κ3) is 4.42. The normalized spacial score (nSPS) is 11.5. The van der Waals surface area contributed by atoms with Crippen molar-refractivity contribution in [2.24, 2.45) is 0 Å². The number of hydrogen-bond donors (Lipinski definition) is 2. The van der Waals surface area contributed by atoms with Gasteiger partial charge >= 0.3 is 12.3 Å². The number of H-pyrrole nitrogens is 1. The third-order valence-corrected chi connectivity index (χ3v) is 4.84. The second-order valence-electron chi connectivity index (χ2n) is 5.99. The molecule has 2 N–H and O–H groups in total. The number of methoxy groups -OCH3 is 2. The fourth-order valence-electron chi connectivity index (χ4n) is 3.03. The lowest BCUT2D eigenvalue weighted by Gasteiger charge is -2.12. The molecule has 0 aliphatic rings. The van der Waals surface area contributed by atoms with Crippen LogP contribution >= 0.6 is 15.9 Å². The van der Waals surface area contributed by atoms with E-state index in [9.17, 15) is 23.1 Å². The van der Waals surface area contributed by atoms with Crippen LogP contribution < -0.4 is 14.2 Å². The van der Waals surface area contributed by atoms with Crippen LogP contribution in [0.4, 0.5) is 13.2 Å². The van der Waals surface area contributed by atoms with Crippen molar-refractivity contribution in [3.8, 4) is 28.5 Å². The van der Waals surface area contributed by atoms with Gasteiger partial charge < -0.3 is 24.3 Å². The van der Waals surface area contributed by atoms with Crippen LogP contribution in [0.1, 0.15) is 5.56 Å². The van der Waals surface area contributed by atoms with E-state index in [1.54, 1.807) is 12.1 Å². The Morgan fingerprint density at radius 3 is 2.38 bits per heavy atom. The van der Waals surface area contributed by atoms with Gasteiger partial charge in [-0.1, -0.05) is 0 Å². The van der Waals surface area contributed by atoms with Crippen molar-refractivity contribution in [3.63, 3.8) is 0 Å². The zero-order chi connectivity index (χ0) is 21.3. The highest BCUT2D eigenvalue weighted by atomic mass is 79.9. The van der Waals surface area contributed by atoms with Crippen LogP contribution in [0.25, 0.3) is 22.2 Å². The maximum Gasteiger partial charge on any atom is 0.573 e. The maximum absolute atomic E-state index is 12.6. The highest BCUT2D eigenvalue weighted by Crippen LogP contribution is 2.42. The number of aliphatic carboxylic acids is 1. The fraction of sp³-hybridized carbons (Fsp3) is 0.211. The Kier molecular flexibility index (Phi) is 5.65. The number of nitrogens with one attached hydrogen (secondary N) is 1. The third-order valence-electron chi connectivity index (χ3n) is 4.18. The number of carboxylic acid groups (broad SMARTS) is 1. The van der Waals surface area contributed by atoms with Crippen LogP contribution in [0, 0.1) is 0 Å². The van der Waals surface area contributed by atoms with E-state index in [4.69, 9.17) is 9.47 Å². The lowest BCUT2D eigenvalue weighted by molar-refractivity contribution is -0.274. The Morgan fingerprint density at radius 1 is 1.14 bits per heavy atom. The Labute approximate surface area is 171 Å². The largest absolute Gasteiger partial charge is 0.573 e. The van der Waals surface area contributed by atoms with Gasteiger partial charge in [0.25, 0.3) is 0 Å². The smallest absolute Gasteiger partial charge is 0.493 e. The summed E-state index contributed by atoms with van der Waals surface area (Å²) in [4.78, 5) is 14.5. The molecule has 3 rings (SSSR count). The van der Waals surface area contributed by atoms with Crippen LogP contribution in [0.15, 0.2) is 34.8 Å². The first-order chi connectivity index (χ1) is 13.6. The molecule has 1 heterocycles. The standard InChI is InChI=1S/C19H15BrF3NO5/c1-27-15-6-12(13(20)8-16(15)28-2)18-11(7-17(25)26)10-5-9(29-19(21,22)23)3-4-14(10)24-18/h3-6,8,24H,7H2,1-2H3,(H,25,26). The zero-order valence-corrected chi connectivity index (χ0v) is 16.8. The number of alkyl halides is 3. The topological polar surface area (TPSA) is 80.8 Å². The van der Waals surface area contributed by atoms with Gasteiger partial charge in [-0.2, -0.15) is 0 Å². The van der Waals surface area contributed by atoms with Gasteiger partial charge in [-0.3, -0.25) is 4.79 Å². The molecular formula is C19H15BrF3NO5. The van der Waals surface area contributed by atoms with Crippen molar-refractivity contribution in [1.82, 2.24) is 4.98 Å². The van der Waals surface area contributed by atoms with Crippen LogP contribution in [0.3, 0.4) is 0 Å². The summed E-state index contributed by atoms with van der Waals surface area (Å²) < 4.78 is 52.8. The molecule has 154 valence electrons. The van der Waals surface area contributed by atoms with E-state index in [-0.39, 0.29) is 0 Å². The van der Waals surface area contributed by atoms with Crippen LogP contribution in [-0.4, -0.2) is 36.6 Å². The predicted octanol–water partition coefficient (Wildman–Crippen LogP) is 5.14. The summed E-state index contributed by atoms with van der Waals surface area (Å²) in [6.07, 6.45) is -5.27. The average molecular weight is 474 g/mol. The molecule has 0 aliphatic carbocycles.